The molecular formula is C17H25F3N4. The highest BCUT2D eigenvalue weighted by molar-refractivity contribution is 5.79. The second-order valence-corrected chi connectivity index (χ2v) is 6.24. The smallest absolute Gasteiger partial charge is 0.356 e. The normalized spacial score (nSPS) is 19.5. The van der Waals surface area contributed by atoms with Gasteiger partial charge in [-0.2, -0.15) is 13.2 Å². The average molecular weight is 342 g/mol. The van der Waals surface area contributed by atoms with E-state index < -0.39 is 11.7 Å². The lowest BCUT2D eigenvalue weighted by molar-refractivity contribution is -0.137. The second-order valence-electron chi connectivity index (χ2n) is 6.24. The van der Waals surface area contributed by atoms with E-state index in [1.807, 2.05) is 0 Å². The summed E-state index contributed by atoms with van der Waals surface area (Å²) in [5, 5.41) is 6.51. The zero-order valence-electron chi connectivity index (χ0n) is 14.2. The fraction of sp³-hybridized carbons (Fsp3) is 0.588. The van der Waals surface area contributed by atoms with Crippen molar-refractivity contribution in [2.24, 2.45) is 10.9 Å². The summed E-state index contributed by atoms with van der Waals surface area (Å²) in [4.78, 5) is 6.49. The van der Waals surface area contributed by atoms with Crippen LogP contribution in [0.25, 0.3) is 0 Å². The number of nitrogens with one attached hydrogen (secondary N) is 2. The molecule has 1 atom stereocenters. The summed E-state index contributed by atoms with van der Waals surface area (Å²) in [6.45, 7) is 3.72. The monoisotopic (exact) mass is 342 g/mol. The van der Waals surface area contributed by atoms with Crippen LogP contribution in [0, 0.1) is 5.92 Å². The quantitative estimate of drug-likeness (QED) is 0.637. The maximum absolute atomic E-state index is 12.5. The number of hydrogen-bond acceptors (Lipinski definition) is 2. The SMILES string of the molecule is CN=C(NCCc1ccc(C(F)(F)F)cc1)NCC1CCN(C)C1. The summed E-state index contributed by atoms with van der Waals surface area (Å²) in [6.07, 6.45) is -2.45. The van der Waals surface area contributed by atoms with Crippen molar-refractivity contribution < 1.29 is 13.2 Å². The van der Waals surface area contributed by atoms with E-state index in [9.17, 15) is 13.2 Å². The molecule has 0 spiro atoms. The van der Waals surface area contributed by atoms with E-state index >= 15 is 0 Å². The van der Waals surface area contributed by atoms with Gasteiger partial charge in [0.05, 0.1) is 5.56 Å². The van der Waals surface area contributed by atoms with Gasteiger partial charge in [0, 0.05) is 26.7 Å². The van der Waals surface area contributed by atoms with Crippen molar-refractivity contribution >= 4 is 5.96 Å². The summed E-state index contributed by atoms with van der Waals surface area (Å²) in [6, 6.07) is 5.29. The maximum atomic E-state index is 12.5. The predicted molar refractivity (Wildman–Crippen MR) is 90.1 cm³/mol. The minimum Gasteiger partial charge on any atom is -0.356 e. The van der Waals surface area contributed by atoms with Gasteiger partial charge in [-0.15, -0.1) is 0 Å². The molecule has 0 aliphatic carbocycles. The van der Waals surface area contributed by atoms with Crippen molar-refractivity contribution in [1.29, 1.82) is 0 Å². The number of alkyl halides is 3. The summed E-state index contributed by atoms with van der Waals surface area (Å²) < 4.78 is 37.6. The summed E-state index contributed by atoms with van der Waals surface area (Å²) in [5.41, 5.74) is 0.251. The Morgan fingerprint density at radius 3 is 2.50 bits per heavy atom. The molecule has 1 heterocycles. The van der Waals surface area contributed by atoms with Crippen molar-refractivity contribution in [3.05, 3.63) is 35.4 Å². The molecule has 134 valence electrons. The second kappa shape index (κ2) is 8.37. The van der Waals surface area contributed by atoms with Crippen molar-refractivity contribution in [3.63, 3.8) is 0 Å². The minimum absolute atomic E-state index is 0.613. The molecule has 4 nitrogen and oxygen atoms in total. The molecule has 1 aromatic rings. The van der Waals surface area contributed by atoms with Gasteiger partial charge in [-0.25, -0.2) is 0 Å². The van der Waals surface area contributed by atoms with Crippen molar-refractivity contribution in [3.8, 4) is 0 Å². The van der Waals surface area contributed by atoms with E-state index in [-0.39, 0.29) is 0 Å². The zero-order valence-corrected chi connectivity index (χ0v) is 14.2. The average Bonchev–Trinajstić information content (AvgIpc) is 2.96. The maximum Gasteiger partial charge on any atom is 0.416 e. The van der Waals surface area contributed by atoms with Crippen LogP contribution in [0.1, 0.15) is 17.5 Å². The molecule has 2 rings (SSSR count). The first-order chi connectivity index (χ1) is 11.4. The molecule has 2 N–H and O–H groups in total. The molecule has 0 bridgehead atoms. The third kappa shape index (κ3) is 5.70. The first-order valence-electron chi connectivity index (χ1n) is 8.17. The van der Waals surface area contributed by atoms with Crippen molar-refractivity contribution in [2.75, 3.05) is 40.3 Å². The molecule has 0 saturated carbocycles. The van der Waals surface area contributed by atoms with E-state index in [2.05, 4.69) is 27.6 Å². The Morgan fingerprint density at radius 1 is 1.25 bits per heavy atom. The third-order valence-corrected chi connectivity index (χ3v) is 4.26. The largest absolute Gasteiger partial charge is 0.416 e. The molecule has 1 fully saturated rings. The van der Waals surface area contributed by atoms with Crippen LogP contribution in [0.4, 0.5) is 13.2 Å². The Balaban J connectivity index is 1.71. The van der Waals surface area contributed by atoms with E-state index in [0.717, 1.165) is 43.3 Å². The van der Waals surface area contributed by atoms with Gasteiger partial charge < -0.3 is 15.5 Å². The Bertz CT molecular complexity index is 540. The van der Waals surface area contributed by atoms with E-state index in [0.29, 0.717) is 18.9 Å². The van der Waals surface area contributed by atoms with Crippen molar-refractivity contribution in [1.82, 2.24) is 15.5 Å². The summed E-state index contributed by atoms with van der Waals surface area (Å²) in [5.74, 6) is 1.36. The first kappa shape index (κ1) is 18.6. The lowest BCUT2D eigenvalue weighted by atomic mass is 10.1. The summed E-state index contributed by atoms with van der Waals surface area (Å²) >= 11 is 0. The molecule has 1 aliphatic rings. The number of rotatable bonds is 5. The number of benzene rings is 1. The van der Waals surface area contributed by atoms with Gasteiger partial charge in [0.2, 0.25) is 0 Å². The number of nitrogens with zero attached hydrogens (tertiary/aromatic N) is 2. The van der Waals surface area contributed by atoms with Crippen LogP contribution in [0.15, 0.2) is 29.3 Å². The molecule has 7 heteroatoms. The van der Waals surface area contributed by atoms with Crippen LogP contribution in [-0.4, -0.2) is 51.1 Å². The fourth-order valence-corrected chi connectivity index (χ4v) is 2.84. The zero-order chi connectivity index (χ0) is 17.6. The van der Waals surface area contributed by atoms with Crippen LogP contribution < -0.4 is 10.6 Å². The predicted octanol–water partition coefficient (Wildman–Crippen LogP) is 2.36. The molecule has 0 amide bonds. The number of guanidine groups is 1. The summed E-state index contributed by atoms with van der Waals surface area (Å²) in [7, 11) is 3.84. The lowest BCUT2D eigenvalue weighted by Crippen LogP contribution is -2.41. The van der Waals surface area contributed by atoms with Crippen LogP contribution in [0.5, 0.6) is 0 Å². The topological polar surface area (TPSA) is 39.7 Å². The molecule has 1 aromatic carbocycles. The number of hydrogen-bond donors (Lipinski definition) is 2. The highest BCUT2D eigenvalue weighted by Crippen LogP contribution is 2.29. The molecule has 0 aromatic heterocycles. The molecule has 0 radical (unpaired) electrons. The van der Waals surface area contributed by atoms with E-state index in [1.165, 1.54) is 18.6 Å². The van der Waals surface area contributed by atoms with Crippen LogP contribution >= 0.6 is 0 Å². The highest BCUT2D eigenvalue weighted by Gasteiger charge is 2.29. The molecule has 1 aliphatic heterocycles. The first-order valence-corrected chi connectivity index (χ1v) is 8.17. The minimum atomic E-state index is -4.28. The van der Waals surface area contributed by atoms with E-state index in [4.69, 9.17) is 0 Å². The Morgan fingerprint density at radius 2 is 1.96 bits per heavy atom. The van der Waals surface area contributed by atoms with E-state index in [1.54, 1.807) is 7.05 Å². The van der Waals surface area contributed by atoms with Crippen molar-refractivity contribution in [2.45, 2.75) is 19.0 Å². The molecule has 24 heavy (non-hydrogen) atoms. The van der Waals surface area contributed by atoms with Crippen LogP contribution in [0.3, 0.4) is 0 Å². The van der Waals surface area contributed by atoms with Gasteiger partial charge in [0.1, 0.15) is 0 Å². The Kier molecular flexibility index (Phi) is 6.48. The van der Waals surface area contributed by atoms with Gasteiger partial charge in [-0.1, -0.05) is 12.1 Å². The highest BCUT2D eigenvalue weighted by atomic mass is 19.4. The molecule has 1 saturated heterocycles. The third-order valence-electron chi connectivity index (χ3n) is 4.26. The lowest BCUT2D eigenvalue weighted by Gasteiger charge is -2.15. The number of aliphatic imine (C=N–C) groups is 1. The molecule has 1 unspecified atom stereocenters. The Hall–Kier alpha value is -1.76. The number of likely N-dealkylation sites (tertiary alicyclic amines) is 1. The number of halogens is 3. The van der Waals surface area contributed by atoms with Gasteiger partial charge in [0.15, 0.2) is 5.96 Å². The van der Waals surface area contributed by atoms with Crippen LogP contribution in [0.2, 0.25) is 0 Å². The van der Waals surface area contributed by atoms with Crippen LogP contribution in [-0.2, 0) is 12.6 Å². The van der Waals surface area contributed by atoms with Gasteiger partial charge in [-0.3, -0.25) is 4.99 Å². The Labute approximate surface area is 141 Å². The molecular weight excluding hydrogens is 317 g/mol. The van der Waals surface area contributed by atoms with Gasteiger partial charge in [-0.05, 0) is 50.0 Å². The van der Waals surface area contributed by atoms with Gasteiger partial charge >= 0.3 is 6.18 Å². The van der Waals surface area contributed by atoms with Gasteiger partial charge in [0.25, 0.3) is 0 Å². The standard InChI is InChI=1S/C17H25F3N4/c1-21-16(23-11-14-8-10-24(2)12-14)22-9-7-13-3-5-15(6-4-13)17(18,19)20/h3-6,14H,7-12H2,1-2H3,(H2,21,22,23). The fourth-order valence-electron chi connectivity index (χ4n) is 2.84.